The molecule has 0 aromatic heterocycles. The smallest absolute Gasteiger partial charge is 0.0992 e. The molecule has 0 radical (unpaired) electrons. The van der Waals surface area contributed by atoms with Crippen molar-refractivity contribution in [1.29, 1.82) is 5.26 Å². The Morgan fingerprint density at radius 1 is 1.47 bits per heavy atom. The topological polar surface area (TPSA) is 45.0 Å². The van der Waals surface area contributed by atoms with Crippen molar-refractivity contribution < 1.29 is 4.74 Å². The Labute approximate surface area is 90.7 Å². The van der Waals surface area contributed by atoms with Crippen LogP contribution in [0.4, 0.5) is 5.69 Å². The van der Waals surface area contributed by atoms with Crippen LogP contribution >= 0.6 is 0 Å². The second-order valence-corrected chi connectivity index (χ2v) is 4.01. The fraction of sp³-hybridized carbons (Fsp3) is 0.417. The molecule has 0 fully saturated rings. The zero-order valence-electron chi connectivity index (χ0n) is 9.37. The van der Waals surface area contributed by atoms with Crippen LogP contribution in [0, 0.1) is 11.3 Å². The Balaban J connectivity index is 2.62. The molecule has 1 rings (SSSR count). The Morgan fingerprint density at radius 3 is 2.80 bits per heavy atom. The number of benzene rings is 1. The molecule has 0 amide bonds. The van der Waals surface area contributed by atoms with Crippen molar-refractivity contribution >= 4 is 5.69 Å². The highest BCUT2D eigenvalue weighted by molar-refractivity contribution is 5.49. The molecule has 0 saturated heterocycles. The third kappa shape index (κ3) is 3.61. The number of hydrogen-bond donors (Lipinski definition) is 1. The van der Waals surface area contributed by atoms with Gasteiger partial charge in [-0.15, -0.1) is 0 Å². The highest BCUT2D eigenvalue weighted by atomic mass is 16.5. The second kappa shape index (κ2) is 4.81. The molecule has 15 heavy (non-hydrogen) atoms. The molecule has 0 aliphatic heterocycles. The van der Waals surface area contributed by atoms with E-state index in [9.17, 15) is 0 Å². The SMILES string of the molecule is COC(C)(C)CNc1cccc(C#N)c1. The predicted octanol–water partition coefficient (Wildman–Crippen LogP) is 2.40. The van der Waals surface area contributed by atoms with Crippen LogP contribution in [0.25, 0.3) is 0 Å². The number of ether oxygens (including phenoxy) is 1. The van der Waals surface area contributed by atoms with Crippen LogP contribution in [-0.4, -0.2) is 19.3 Å². The van der Waals surface area contributed by atoms with Crippen molar-refractivity contribution in [3.8, 4) is 6.07 Å². The monoisotopic (exact) mass is 204 g/mol. The maximum Gasteiger partial charge on any atom is 0.0992 e. The number of rotatable bonds is 4. The van der Waals surface area contributed by atoms with Gasteiger partial charge in [0.25, 0.3) is 0 Å². The van der Waals surface area contributed by atoms with Gasteiger partial charge in [-0.05, 0) is 32.0 Å². The van der Waals surface area contributed by atoms with Gasteiger partial charge in [-0.2, -0.15) is 5.26 Å². The van der Waals surface area contributed by atoms with E-state index in [4.69, 9.17) is 10.00 Å². The lowest BCUT2D eigenvalue weighted by Gasteiger charge is -2.23. The minimum absolute atomic E-state index is 0.206. The zero-order chi connectivity index (χ0) is 11.3. The summed E-state index contributed by atoms with van der Waals surface area (Å²) >= 11 is 0. The molecule has 0 spiro atoms. The van der Waals surface area contributed by atoms with E-state index in [2.05, 4.69) is 11.4 Å². The molecule has 0 aliphatic carbocycles. The number of anilines is 1. The highest BCUT2D eigenvalue weighted by Gasteiger charge is 2.15. The average molecular weight is 204 g/mol. The van der Waals surface area contributed by atoms with Crippen molar-refractivity contribution in [2.24, 2.45) is 0 Å². The Bertz CT molecular complexity index is 366. The molecule has 0 unspecified atom stereocenters. The van der Waals surface area contributed by atoms with Crippen LogP contribution in [-0.2, 0) is 4.74 Å². The molecule has 1 N–H and O–H groups in total. The van der Waals surface area contributed by atoms with E-state index >= 15 is 0 Å². The van der Waals surface area contributed by atoms with Gasteiger partial charge in [0.15, 0.2) is 0 Å². The van der Waals surface area contributed by atoms with E-state index in [-0.39, 0.29) is 5.60 Å². The fourth-order valence-electron chi connectivity index (χ4n) is 1.09. The molecule has 0 heterocycles. The van der Waals surface area contributed by atoms with Crippen LogP contribution in [0.2, 0.25) is 0 Å². The van der Waals surface area contributed by atoms with Crippen molar-refractivity contribution in [3.05, 3.63) is 29.8 Å². The predicted molar refractivity (Wildman–Crippen MR) is 60.7 cm³/mol. The molecule has 0 saturated carbocycles. The minimum Gasteiger partial charge on any atom is -0.382 e. The van der Waals surface area contributed by atoms with Gasteiger partial charge < -0.3 is 10.1 Å². The maximum absolute atomic E-state index is 8.73. The van der Waals surface area contributed by atoms with Crippen LogP contribution < -0.4 is 5.32 Å². The van der Waals surface area contributed by atoms with Crippen molar-refractivity contribution in [3.63, 3.8) is 0 Å². The third-order valence-corrected chi connectivity index (χ3v) is 2.26. The normalized spacial score (nSPS) is 10.8. The highest BCUT2D eigenvalue weighted by Crippen LogP contribution is 2.13. The maximum atomic E-state index is 8.73. The quantitative estimate of drug-likeness (QED) is 0.819. The van der Waals surface area contributed by atoms with Gasteiger partial charge in [-0.3, -0.25) is 0 Å². The number of methoxy groups -OCH3 is 1. The lowest BCUT2D eigenvalue weighted by atomic mass is 10.1. The summed E-state index contributed by atoms with van der Waals surface area (Å²) in [6.45, 7) is 4.72. The van der Waals surface area contributed by atoms with Gasteiger partial charge in [0.05, 0.1) is 17.2 Å². The largest absolute Gasteiger partial charge is 0.382 e. The van der Waals surface area contributed by atoms with Crippen LogP contribution in [0.1, 0.15) is 19.4 Å². The number of nitrogens with one attached hydrogen (secondary N) is 1. The average Bonchev–Trinajstić information content (AvgIpc) is 2.27. The summed E-state index contributed by atoms with van der Waals surface area (Å²) in [7, 11) is 1.69. The lowest BCUT2D eigenvalue weighted by Crippen LogP contribution is -2.32. The van der Waals surface area contributed by atoms with E-state index in [1.807, 2.05) is 32.0 Å². The van der Waals surface area contributed by atoms with E-state index in [0.717, 1.165) is 5.69 Å². The van der Waals surface area contributed by atoms with Gasteiger partial charge in [-0.1, -0.05) is 6.07 Å². The summed E-state index contributed by atoms with van der Waals surface area (Å²) in [5.41, 5.74) is 1.40. The molecule has 1 aromatic carbocycles. The Morgan fingerprint density at radius 2 is 2.20 bits per heavy atom. The van der Waals surface area contributed by atoms with Gasteiger partial charge in [0, 0.05) is 19.3 Å². The summed E-state index contributed by atoms with van der Waals surface area (Å²) in [6.07, 6.45) is 0. The summed E-state index contributed by atoms with van der Waals surface area (Å²) in [6, 6.07) is 9.52. The first-order valence-electron chi connectivity index (χ1n) is 4.86. The van der Waals surface area contributed by atoms with Crippen molar-refractivity contribution in [2.45, 2.75) is 19.4 Å². The first-order valence-corrected chi connectivity index (χ1v) is 4.86. The first kappa shape index (κ1) is 11.5. The van der Waals surface area contributed by atoms with Gasteiger partial charge in [0.1, 0.15) is 0 Å². The molecule has 1 aromatic rings. The van der Waals surface area contributed by atoms with Gasteiger partial charge >= 0.3 is 0 Å². The summed E-state index contributed by atoms with van der Waals surface area (Å²) in [4.78, 5) is 0. The molecular formula is C12H16N2O. The lowest BCUT2D eigenvalue weighted by molar-refractivity contribution is 0.0344. The van der Waals surface area contributed by atoms with Crippen molar-refractivity contribution in [2.75, 3.05) is 19.0 Å². The van der Waals surface area contributed by atoms with E-state index in [1.165, 1.54) is 0 Å². The summed E-state index contributed by atoms with van der Waals surface area (Å²) in [5, 5.41) is 12.0. The van der Waals surface area contributed by atoms with Gasteiger partial charge in [0.2, 0.25) is 0 Å². The first-order chi connectivity index (χ1) is 7.07. The zero-order valence-corrected chi connectivity index (χ0v) is 9.37. The molecule has 0 bridgehead atoms. The number of nitrogens with zero attached hydrogens (tertiary/aromatic N) is 1. The third-order valence-electron chi connectivity index (χ3n) is 2.26. The minimum atomic E-state index is -0.206. The molecule has 80 valence electrons. The standard InChI is InChI=1S/C12H16N2O/c1-12(2,15-3)9-14-11-6-4-5-10(7-11)8-13/h4-7,14H,9H2,1-3H3. The van der Waals surface area contributed by atoms with Crippen LogP contribution in [0.15, 0.2) is 24.3 Å². The molecular weight excluding hydrogens is 188 g/mol. The Kier molecular flexibility index (Phi) is 3.70. The Hall–Kier alpha value is -1.53. The number of nitriles is 1. The molecule has 0 atom stereocenters. The molecule has 0 aliphatic rings. The van der Waals surface area contributed by atoms with Crippen LogP contribution in [0.3, 0.4) is 0 Å². The van der Waals surface area contributed by atoms with E-state index in [1.54, 1.807) is 13.2 Å². The fourth-order valence-corrected chi connectivity index (χ4v) is 1.09. The van der Waals surface area contributed by atoms with Gasteiger partial charge in [-0.25, -0.2) is 0 Å². The van der Waals surface area contributed by atoms with E-state index < -0.39 is 0 Å². The summed E-state index contributed by atoms with van der Waals surface area (Å²) in [5.74, 6) is 0. The second-order valence-electron chi connectivity index (χ2n) is 4.01. The number of hydrogen-bond acceptors (Lipinski definition) is 3. The van der Waals surface area contributed by atoms with Crippen molar-refractivity contribution in [1.82, 2.24) is 0 Å². The van der Waals surface area contributed by atoms with E-state index in [0.29, 0.717) is 12.1 Å². The molecule has 3 heteroatoms. The summed E-state index contributed by atoms with van der Waals surface area (Å²) < 4.78 is 5.29. The molecule has 3 nitrogen and oxygen atoms in total. The van der Waals surface area contributed by atoms with Crippen LogP contribution in [0.5, 0.6) is 0 Å².